The molecule has 1 aromatic rings. The Morgan fingerprint density at radius 1 is 1.08 bits per heavy atom. The molecule has 0 aliphatic carbocycles. The minimum absolute atomic E-state index is 0.475. The van der Waals surface area contributed by atoms with Gasteiger partial charge >= 0.3 is 0 Å². The number of alkyl halides is 1. The highest BCUT2D eigenvalue weighted by Crippen LogP contribution is 2.18. The molecule has 2 heteroatoms. The molecule has 0 aromatic heterocycles. The molecule has 0 spiro atoms. The predicted molar refractivity (Wildman–Crippen MR) is 67.6 cm³/mol. The summed E-state index contributed by atoms with van der Waals surface area (Å²) in [5.74, 6) is 0.617. The SMILES string of the molecule is CC(I)Nc1ccc(C(C)C)cc1. The van der Waals surface area contributed by atoms with E-state index in [2.05, 4.69) is 72.9 Å². The van der Waals surface area contributed by atoms with Gasteiger partial charge in [0.15, 0.2) is 0 Å². The number of benzene rings is 1. The van der Waals surface area contributed by atoms with Gasteiger partial charge in [0.25, 0.3) is 0 Å². The molecule has 0 saturated carbocycles. The molecule has 1 unspecified atom stereocenters. The average Bonchev–Trinajstić information content (AvgIpc) is 2.04. The summed E-state index contributed by atoms with van der Waals surface area (Å²) < 4.78 is 0.475. The highest BCUT2D eigenvalue weighted by Gasteiger charge is 1.99. The second-order valence-corrected chi connectivity index (χ2v) is 5.41. The molecular formula is C11H16IN. The molecule has 0 aliphatic heterocycles. The van der Waals surface area contributed by atoms with Crippen molar-refractivity contribution in [3.05, 3.63) is 29.8 Å². The zero-order valence-electron chi connectivity index (χ0n) is 8.34. The lowest BCUT2D eigenvalue weighted by Gasteiger charge is -2.10. The van der Waals surface area contributed by atoms with Gasteiger partial charge in [-0.3, -0.25) is 0 Å². The molecule has 0 heterocycles. The van der Waals surface area contributed by atoms with Crippen molar-refractivity contribution in [2.45, 2.75) is 30.7 Å². The van der Waals surface area contributed by atoms with E-state index in [-0.39, 0.29) is 0 Å². The first kappa shape index (κ1) is 10.8. The average molecular weight is 289 g/mol. The summed E-state index contributed by atoms with van der Waals surface area (Å²) in [6, 6.07) is 8.66. The second kappa shape index (κ2) is 4.84. The fourth-order valence-corrected chi connectivity index (χ4v) is 1.55. The van der Waals surface area contributed by atoms with Gasteiger partial charge in [-0.05, 0) is 30.5 Å². The number of hydrogen-bond acceptors (Lipinski definition) is 1. The second-order valence-electron chi connectivity index (χ2n) is 3.54. The summed E-state index contributed by atoms with van der Waals surface area (Å²) in [5, 5.41) is 3.36. The maximum absolute atomic E-state index is 3.36. The summed E-state index contributed by atoms with van der Waals surface area (Å²) in [7, 11) is 0. The van der Waals surface area contributed by atoms with Crippen LogP contribution in [0.3, 0.4) is 0 Å². The van der Waals surface area contributed by atoms with Crippen LogP contribution in [0.25, 0.3) is 0 Å². The van der Waals surface area contributed by atoms with Crippen LogP contribution < -0.4 is 5.32 Å². The summed E-state index contributed by atoms with van der Waals surface area (Å²) in [4.78, 5) is 0. The van der Waals surface area contributed by atoms with Crippen molar-refractivity contribution in [2.24, 2.45) is 0 Å². The molecule has 0 fully saturated rings. The Labute approximate surface area is 94.1 Å². The van der Waals surface area contributed by atoms with Crippen LogP contribution in [0.4, 0.5) is 5.69 Å². The third-order valence-electron chi connectivity index (χ3n) is 1.94. The minimum atomic E-state index is 0.475. The van der Waals surface area contributed by atoms with Crippen LogP contribution in [-0.2, 0) is 0 Å². The molecule has 0 amide bonds. The molecule has 0 saturated heterocycles. The van der Waals surface area contributed by atoms with Gasteiger partial charge in [-0.15, -0.1) is 0 Å². The van der Waals surface area contributed by atoms with Crippen molar-refractivity contribution < 1.29 is 0 Å². The minimum Gasteiger partial charge on any atom is -0.374 e. The lowest BCUT2D eigenvalue weighted by molar-refractivity contribution is 0.867. The Balaban J connectivity index is 2.70. The Morgan fingerprint density at radius 2 is 1.62 bits per heavy atom. The van der Waals surface area contributed by atoms with Crippen LogP contribution in [0, 0.1) is 0 Å². The molecule has 0 aliphatic rings. The lowest BCUT2D eigenvalue weighted by atomic mass is 10.0. The van der Waals surface area contributed by atoms with Crippen LogP contribution >= 0.6 is 22.6 Å². The van der Waals surface area contributed by atoms with Gasteiger partial charge in [0.05, 0.1) is 4.05 Å². The monoisotopic (exact) mass is 289 g/mol. The third-order valence-corrected chi connectivity index (χ3v) is 2.25. The first-order valence-corrected chi connectivity index (χ1v) is 5.84. The predicted octanol–water partition coefficient (Wildman–Crippen LogP) is 4.00. The molecule has 72 valence electrons. The van der Waals surface area contributed by atoms with E-state index >= 15 is 0 Å². The fraction of sp³-hybridized carbons (Fsp3) is 0.455. The largest absolute Gasteiger partial charge is 0.374 e. The van der Waals surface area contributed by atoms with E-state index in [9.17, 15) is 0 Å². The van der Waals surface area contributed by atoms with E-state index in [4.69, 9.17) is 0 Å². The highest BCUT2D eigenvalue weighted by molar-refractivity contribution is 14.1. The Hall–Kier alpha value is -0.250. The van der Waals surface area contributed by atoms with Crippen molar-refractivity contribution in [3.63, 3.8) is 0 Å². The third kappa shape index (κ3) is 3.55. The van der Waals surface area contributed by atoms with E-state index in [1.807, 2.05) is 0 Å². The number of halogens is 1. The van der Waals surface area contributed by atoms with Crippen LogP contribution in [0.1, 0.15) is 32.3 Å². The molecule has 0 bridgehead atoms. The van der Waals surface area contributed by atoms with E-state index in [1.54, 1.807) is 0 Å². The van der Waals surface area contributed by atoms with Crippen molar-refractivity contribution >= 4 is 28.3 Å². The van der Waals surface area contributed by atoms with Crippen molar-refractivity contribution in [1.29, 1.82) is 0 Å². The van der Waals surface area contributed by atoms with Crippen molar-refractivity contribution in [1.82, 2.24) is 0 Å². The topological polar surface area (TPSA) is 12.0 Å². The molecule has 1 aromatic carbocycles. The molecule has 1 rings (SSSR count). The smallest absolute Gasteiger partial charge is 0.0752 e. The summed E-state index contributed by atoms with van der Waals surface area (Å²) in [6.45, 7) is 6.56. The van der Waals surface area contributed by atoms with E-state index in [1.165, 1.54) is 11.3 Å². The zero-order valence-corrected chi connectivity index (χ0v) is 10.5. The van der Waals surface area contributed by atoms with Crippen LogP contribution in [-0.4, -0.2) is 4.05 Å². The maximum atomic E-state index is 3.36. The van der Waals surface area contributed by atoms with Crippen LogP contribution in [0.2, 0.25) is 0 Å². The number of nitrogens with one attached hydrogen (secondary N) is 1. The van der Waals surface area contributed by atoms with E-state index in [0.29, 0.717) is 9.97 Å². The normalized spacial score (nSPS) is 13.0. The quantitative estimate of drug-likeness (QED) is 0.504. The first-order chi connectivity index (χ1) is 6.09. The fourth-order valence-electron chi connectivity index (χ4n) is 1.19. The van der Waals surface area contributed by atoms with E-state index < -0.39 is 0 Å². The van der Waals surface area contributed by atoms with Gasteiger partial charge in [-0.1, -0.05) is 48.6 Å². The number of rotatable bonds is 3. The van der Waals surface area contributed by atoms with Gasteiger partial charge < -0.3 is 5.32 Å². The van der Waals surface area contributed by atoms with Crippen LogP contribution in [0.15, 0.2) is 24.3 Å². The molecule has 0 radical (unpaired) electrons. The zero-order chi connectivity index (χ0) is 9.84. The van der Waals surface area contributed by atoms with Gasteiger partial charge in [-0.2, -0.15) is 0 Å². The Bertz CT molecular complexity index is 251. The van der Waals surface area contributed by atoms with E-state index in [0.717, 1.165) is 0 Å². The Kier molecular flexibility index (Phi) is 4.03. The van der Waals surface area contributed by atoms with Gasteiger partial charge in [-0.25, -0.2) is 0 Å². The molecule has 1 N–H and O–H groups in total. The summed E-state index contributed by atoms with van der Waals surface area (Å²) >= 11 is 2.36. The van der Waals surface area contributed by atoms with Gasteiger partial charge in [0.2, 0.25) is 0 Å². The van der Waals surface area contributed by atoms with Gasteiger partial charge in [0.1, 0.15) is 0 Å². The molecule has 13 heavy (non-hydrogen) atoms. The molecule has 1 atom stereocenters. The van der Waals surface area contributed by atoms with Gasteiger partial charge in [0, 0.05) is 5.69 Å². The molecule has 1 nitrogen and oxygen atoms in total. The molecular weight excluding hydrogens is 273 g/mol. The lowest BCUT2D eigenvalue weighted by Crippen LogP contribution is -2.05. The first-order valence-electron chi connectivity index (χ1n) is 4.60. The van der Waals surface area contributed by atoms with Crippen molar-refractivity contribution in [2.75, 3.05) is 5.32 Å². The number of anilines is 1. The summed E-state index contributed by atoms with van der Waals surface area (Å²) in [5.41, 5.74) is 2.60. The standard InChI is InChI=1S/C11H16IN/c1-8(2)10-4-6-11(7-5-10)13-9(3)12/h4-9,13H,1-3H3. The Morgan fingerprint density at radius 3 is 2.00 bits per heavy atom. The number of hydrogen-bond donors (Lipinski definition) is 1. The summed E-state index contributed by atoms with van der Waals surface area (Å²) in [6.07, 6.45) is 0. The van der Waals surface area contributed by atoms with Crippen LogP contribution in [0.5, 0.6) is 0 Å². The maximum Gasteiger partial charge on any atom is 0.0752 e. The van der Waals surface area contributed by atoms with Crippen molar-refractivity contribution in [3.8, 4) is 0 Å². The highest BCUT2D eigenvalue weighted by atomic mass is 127.